The molecule has 0 radical (unpaired) electrons. The number of sulfonamides is 1. The molecule has 1 saturated heterocycles. The van der Waals surface area contributed by atoms with Crippen molar-refractivity contribution >= 4 is 67.3 Å². The second-order valence-corrected chi connectivity index (χ2v) is 13.5. The highest BCUT2D eigenvalue weighted by Crippen LogP contribution is 2.39. The van der Waals surface area contributed by atoms with Gasteiger partial charge in [0.25, 0.3) is 10.0 Å². The SMILES string of the molecule is CCOC(=O)c1c(NC(=O)C2CCN(S(=O)(=O)c3ccc(Cl)s3)CC2)sc2c1CCN(C(=O)OCC)C2. The summed E-state index contributed by atoms with van der Waals surface area (Å²) < 4.78 is 38.0. The lowest BCUT2D eigenvalue weighted by atomic mass is 9.97. The predicted molar refractivity (Wildman–Crippen MR) is 141 cm³/mol. The highest BCUT2D eigenvalue weighted by molar-refractivity contribution is 7.91. The summed E-state index contributed by atoms with van der Waals surface area (Å²) in [5.74, 6) is -1.21. The molecule has 37 heavy (non-hydrogen) atoms. The van der Waals surface area contributed by atoms with E-state index in [2.05, 4.69) is 5.32 Å². The zero-order chi connectivity index (χ0) is 26.7. The van der Waals surface area contributed by atoms with Crippen LogP contribution in [0.25, 0.3) is 0 Å². The topological polar surface area (TPSA) is 122 Å². The summed E-state index contributed by atoms with van der Waals surface area (Å²) in [6.07, 6.45) is 0.718. The molecule has 1 fully saturated rings. The van der Waals surface area contributed by atoms with Crippen molar-refractivity contribution in [2.75, 3.05) is 38.2 Å². The van der Waals surface area contributed by atoms with Crippen molar-refractivity contribution in [2.45, 2.75) is 43.9 Å². The highest BCUT2D eigenvalue weighted by atomic mass is 35.5. The fraction of sp³-hybridized carbons (Fsp3) is 0.522. The van der Waals surface area contributed by atoms with E-state index in [0.29, 0.717) is 40.7 Å². The van der Waals surface area contributed by atoms with Crippen molar-refractivity contribution in [1.29, 1.82) is 0 Å². The lowest BCUT2D eigenvalue weighted by Crippen LogP contribution is -2.41. The average molecular weight is 590 g/mol. The van der Waals surface area contributed by atoms with E-state index in [4.69, 9.17) is 21.1 Å². The minimum absolute atomic E-state index is 0.181. The van der Waals surface area contributed by atoms with E-state index in [0.717, 1.165) is 21.8 Å². The number of nitrogens with one attached hydrogen (secondary N) is 1. The monoisotopic (exact) mass is 589 g/mol. The molecule has 0 saturated carbocycles. The molecule has 4 rings (SSSR count). The number of carbonyl (C=O) groups is 3. The molecule has 4 heterocycles. The number of rotatable bonds is 7. The molecule has 0 spiro atoms. The molecule has 0 bridgehead atoms. The van der Waals surface area contributed by atoms with E-state index in [1.165, 1.54) is 21.7 Å². The lowest BCUT2D eigenvalue weighted by Gasteiger charge is -2.30. The Kier molecular flexibility index (Phi) is 8.79. The lowest BCUT2D eigenvalue weighted by molar-refractivity contribution is -0.120. The quantitative estimate of drug-likeness (QED) is 0.480. The van der Waals surface area contributed by atoms with Crippen molar-refractivity contribution < 1.29 is 32.3 Å². The number of carbonyl (C=O) groups excluding carboxylic acids is 3. The highest BCUT2D eigenvalue weighted by Gasteiger charge is 2.35. The average Bonchev–Trinajstić information content (AvgIpc) is 3.47. The molecular weight excluding hydrogens is 562 g/mol. The van der Waals surface area contributed by atoms with Crippen LogP contribution in [0.5, 0.6) is 0 Å². The maximum Gasteiger partial charge on any atom is 0.410 e. The number of nitrogens with zero attached hydrogens (tertiary/aromatic N) is 2. The van der Waals surface area contributed by atoms with Gasteiger partial charge in [-0.3, -0.25) is 4.79 Å². The van der Waals surface area contributed by atoms with E-state index in [9.17, 15) is 22.8 Å². The first-order valence-corrected chi connectivity index (χ1v) is 15.4. The van der Waals surface area contributed by atoms with Gasteiger partial charge in [-0.2, -0.15) is 4.31 Å². The van der Waals surface area contributed by atoms with E-state index in [-0.39, 0.29) is 43.0 Å². The number of hydrogen-bond acceptors (Lipinski definition) is 9. The van der Waals surface area contributed by atoms with Crippen LogP contribution in [-0.4, -0.2) is 68.4 Å². The van der Waals surface area contributed by atoms with Gasteiger partial charge in [-0.1, -0.05) is 11.6 Å². The molecule has 10 nitrogen and oxygen atoms in total. The van der Waals surface area contributed by atoms with Gasteiger partial charge in [-0.25, -0.2) is 18.0 Å². The molecule has 0 atom stereocenters. The predicted octanol–water partition coefficient (Wildman–Crippen LogP) is 4.19. The Labute approximate surface area is 228 Å². The van der Waals surface area contributed by atoms with E-state index in [1.54, 1.807) is 24.8 Å². The number of thiophene rings is 2. The second-order valence-electron chi connectivity index (χ2n) is 8.53. The number of fused-ring (bicyclic) bond motifs is 1. The van der Waals surface area contributed by atoms with Gasteiger partial charge < -0.3 is 19.7 Å². The Bertz CT molecular complexity index is 1280. The van der Waals surface area contributed by atoms with Gasteiger partial charge in [-0.15, -0.1) is 22.7 Å². The molecule has 1 N–H and O–H groups in total. The number of esters is 1. The van der Waals surface area contributed by atoms with Crippen LogP contribution < -0.4 is 5.32 Å². The number of amides is 2. The van der Waals surface area contributed by atoms with E-state index in [1.807, 2.05) is 0 Å². The molecule has 202 valence electrons. The third kappa shape index (κ3) is 5.95. The Morgan fingerprint density at radius 3 is 2.41 bits per heavy atom. The summed E-state index contributed by atoms with van der Waals surface area (Å²) in [6, 6.07) is 3.03. The van der Waals surface area contributed by atoms with Crippen molar-refractivity contribution in [1.82, 2.24) is 9.21 Å². The van der Waals surface area contributed by atoms with Crippen LogP contribution in [0, 0.1) is 5.92 Å². The summed E-state index contributed by atoms with van der Waals surface area (Å²) in [7, 11) is -3.66. The van der Waals surface area contributed by atoms with Gasteiger partial charge in [0, 0.05) is 30.4 Å². The third-order valence-corrected chi connectivity index (χ3v) is 11.0. The minimum atomic E-state index is -3.66. The van der Waals surface area contributed by atoms with Crippen LogP contribution in [0.3, 0.4) is 0 Å². The van der Waals surface area contributed by atoms with Gasteiger partial charge in [0.1, 0.15) is 9.21 Å². The minimum Gasteiger partial charge on any atom is -0.462 e. The summed E-state index contributed by atoms with van der Waals surface area (Å²) >= 11 is 8.16. The van der Waals surface area contributed by atoms with Crippen molar-refractivity contribution in [2.24, 2.45) is 5.92 Å². The smallest absolute Gasteiger partial charge is 0.410 e. The van der Waals surface area contributed by atoms with Gasteiger partial charge in [-0.05, 0) is 50.8 Å². The van der Waals surface area contributed by atoms with Crippen LogP contribution >= 0.6 is 34.3 Å². The molecule has 0 aliphatic carbocycles. The van der Waals surface area contributed by atoms with Crippen molar-refractivity contribution in [3.8, 4) is 0 Å². The molecule has 0 unspecified atom stereocenters. The summed E-state index contributed by atoms with van der Waals surface area (Å²) in [6.45, 7) is 4.99. The van der Waals surface area contributed by atoms with Crippen LogP contribution in [0.4, 0.5) is 9.80 Å². The van der Waals surface area contributed by atoms with Crippen LogP contribution in [-0.2, 0) is 37.3 Å². The summed E-state index contributed by atoms with van der Waals surface area (Å²) in [4.78, 5) is 40.6. The normalized spacial score (nSPS) is 16.8. The maximum atomic E-state index is 13.2. The van der Waals surface area contributed by atoms with Crippen molar-refractivity contribution in [3.05, 3.63) is 32.5 Å². The summed E-state index contributed by atoms with van der Waals surface area (Å²) in [5.41, 5.74) is 1.10. The largest absolute Gasteiger partial charge is 0.462 e. The number of hydrogen-bond donors (Lipinski definition) is 1. The van der Waals surface area contributed by atoms with E-state index < -0.39 is 28.0 Å². The molecule has 0 aromatic carbocycles. The Balaban J connectivity index is 1.47. The first kappa shape index (κ1) is 27.8. The first-order valence-electron chi connectivity index (χ1n) is 11.9. The standard InChI is InChI=1S/C23H28ClN3O7S3/c1-3-33-22(29)19-15-9-10-26(23(30)34-4-2)13-16(15)35-21(19)25-20(28)14-7-11-27(12-8-14)37(31,32)18-6-5-17(24)36-18/h5-6,14H,3-4,7-13H2,1-2H3,(H,25,28). The number of anilines is 1. The van der Waals surface area contributed by atoms with Crippen LogP contribution in [0.1, 0.15) is 47.5 Å². The molecule has 2 aliphatic rings. The maximum absolute atomic E-state index is 13.2. The van der Waals surface area contributed by atoms with Crippen LogP contribution in [0.2, 0.25) is 4.34 Å². The zero-order valence-electron chi connectivity index (χ0n) is 20.5. The fourth-order valence-electron chi connectivity index (χ4n) is 4.42. The molecule has 2 aromatic heterocycles. The van der Waals surface area contributed by atoms with Crippen LogP contribution in [0.15, 0.2) is 16.3 Å². The van der Waals surface area contributed by atoms with Crippen molar-refractivity contribution in [3.63, 3.8) is 0 Å². The van der Waals surface area contributed by atoms with Gasteiger partial charge >= 0.3 is 12.1 Å². The van der Waals surface area contributed by atoms with Gasteiger partial charge in [0.2, 0.25) is 5.91 Å². The number of piperidine rings is 1. The molecule has 14 heteroatoms. The Hall–Kier alpha value is -2.19. The second kappa shape index (κ2) is 11.7. The van der Waals surface area contributed by atoms with Gasteiger partial charge in [0.05, 0.1) is 29.7 Å². The summed E-state index contributed by atoms with van der Waals surface area (Å²) in [5, 5.41) is 3.29. The molecule has 2 amide bonds. The molecule has 2 aliphatic heterocycles. The van der Waals surface area contributed by atoms with Gasteiger partial charge in [0.15, 0.2) is 0 Å². The van der Waals surface area contributed by atoms with E-state index >= 15 is 0 Å². The Morgan fingerprint density at radius 1 is 1.08 bits per heavy atom. The first-order chi connectivity index (χ1) is 17.6. The number of ether oxygens (including phenoxy) is 2. The zero-order valence-corrected chi connectivity index (χ0v) is 23.7. The Morgan fingerprint density at radius 2 is 1.78 bits per heavy atom. The molecular formula is C23H28ClN3O7S3. The third-order valence-electron chi connectivity index (χ3n) is 6.27. The number of halogens is 1. The fourth-order valence-corrected chi connectivity index (χ4v) is 8.78. The molecule has 2 aromatic rings.